The third kappa shape index (κ3) is 6.88. The van der Waals surface area contributed by atoms with E-state index in [1.165, 1.54) is 25.7 Å². The van der Waals surface area contributed by atoms with E-state index >= 15 is 0 Å². The van der Waals surface area contributed by atoms with E-state index in [1.807, 2.05) is 0 Å². The van der Waals surface area contributed by atoms with E-state index < -0.39 is 0 Å². The maximum absolute atomic E-state index is 5.57. The van der Waals surface area contributed by atoms with Crippen LogP contribution >= 0.6 is 0 Å². The van der Waals surface area contributed by atoms with Crippen LogP contribution in [0.2, 0.25) is 0 Å². The van der Waals surface area contributed by atoms with E-state index in [4.69, 9.17) is 9.47 Å². The van der Waals surface area contributed by atoms with Crippen molar-refractivity contribution in [3.63, 3.8) is 0 Å². The first-order chi connectivity index (χ1) is 7.43. The monoisotopic (exact) mass is 215 g/mol. The van der Waals surface area contributed by atoms with Crippen LogP contribution in [-0.4, -0.2) is 39.0 Å². The van der Waals surface area contributed by atoms with Crippen molar-refractivity contribution in [2.24, 2.45) is 0 Å². The molecule has 0 aromatic rings. The number of ether oxygens (including phenoxy) is 2. The van der Waals surface area contributed by atoms with E-state index in [1.54, 1.807) is 0 Å². The molecule has 3 nitrogen and oxygen atoms in total. The lowest BCUT2D eigenvalue weighted by Crippen LogP contribution is -2.17. The molecule has 1 fully saturated rings. The van der Waals surface area contributed by atoms with E-state index in [0.29, 0.717) is 6.10 Å². The Morgan fingerprint density at radius 1 is 1.33 bits per heavy atom. The molecule has 0 radical (unpaired) electrons. The molecule has 1 atom stereocenters. The molecule has 1 unspecified atom stereocenters. The third-order valence-corrected chi connectivity index (χ3v) is 2.65. The molecule has 0 aromatic heterocycles. The van der Waals surface area contributed by atoms with Crippen LogP contribution in [0.25, 0.3) is 0 Å². The van der Waals surface area contributed by atoms with Gasteiger partial charge < -0.3 is 14.8 Å². The van der Waals surface area contributed by atoms with Gasteiger partial charge in [0.1, 0.15) is 0 Å². The van der Waals surface area contributed by atoms with Crippen LogP contribution in [0.3, 0.4) is 0 Å². The highest BCUT2D eigenvalue weighted by Crippen LogP contribution is 2.11. The Kier molecular flexibility index (Phi) is 7.88. The molecule has 0 saturated carbocycles. The molecule has 0 aromatic carbocycles. The van der Waals surface area contributed by atoms with Gasteiger partial charge in [0.25, 0.3) is 0 Å². The molecular formula is C12H25NO2. The van der Waals surface area contributed by atoms with E-state index in [-0.39, 0.29) is 0 Å². The van der Waals surface area contributed by atoms with Crippen molar-refractivity contribution in [1.82, 2.24) is 5.32 Å². The summed E-state index contributed by atoms with van der Waals surface area (Å²) < 4.78 is 11.0. The zero-order valence-electron chi connectivity index (χ0n) is 9.96. The number of rotatable bonds is 9. The minimum Gasteiger partial charge on any atom is -0.379 e. The lowest BCUT2D eigenvalue weighted by molar-refractivity contribution is 0.0162. The van der Waals surface area contributed by atoms with Gasteiger partial charge in [0, 0.05) is 13.2 Å². The highest BCUT2D eigenvalue weighted by atomic mass is 16.5. The van der Waals surface area contributed by atoms with Crippen LogP contribution in [0, 0.1) is 0 Å². The van der Waals surface area contributed by atoms with Gasteiger partial charge in [0.05, 0.1) is 12.7 Å². The Hall–Kier alpha value is -0.120. The van der Waals surface area contributed by atoms with Crippen molar-refractivity contribution >= 4 is 0 Å². The highest BCUT2D eigenvalue weighted by molar-refractivity contribution is 4.63. The lowest BCUT2D eigenvalue weighted by atomic mass is 10.2. The van der Waals surface area contributed by atoms with Gasteiger partial charge in [0.15, 0.2) is 0 Å². The molecular weight excluding hydrogens is 190 g/mol. The predicted octanol–water partition coefficient (Wildman–Crippen LogP) is 1.96. The Balaban J connectivity index is 1.73. The fourth-order valence-electron chi connectivity index (χ4n) is 1.75. The molecule has 1 rings (SSSR count). The van der Waals surface area contributed by atoms with Gasteiger partial charge in [0.2, 0.25) is 0 Å². The number of hydrogen-bond acceptors (Lipinski definition) is 3. The van der Waals surface area contributed by atoms with Crippen LogP contribution in [0.4, 0.5) is 0 Å². The van der Waals surface area contributed by atoms with Crippen LogP contribution in [-0.2, 0) is 9.47 Å². The second-order valence-corrected chi connectivity index (χ2v) is 4.17. The topological polar surface area (TPSA) is 30.5 Å². The fourth-order valence-corrected chi connectivity index (χ4v) is 1.75. The SMILES string of the molecule is CCCNCCCCOCC1CCCO1. The molecule has 1 aliphatic heterocycles. The minimum absolute atomic E-state index is 0.378. The van der Waals surface area contributed by atoms with Gasteiger partial charge in [-0.25, -0.2) is 0 Å². The largest absolute Gasteiger partial charge is 0.379 e. The number of unbranched alkanes of at least 4 members (excludes halogenated alkanes) is 1. The Bertz CT molecular complexity index is 136. The summed E-state index contributed by atoms with van der Waals surface area (Å²) in [6.45, 7) is 7.05. The molecule has 15 heavy (non-hydrogen) atoms. The first kappa shape index (κ1) is 12.9. The zero-order valence-corrected chi connectivity index (χ0v) is 9.96. The molecule has 3 heteroatoms. The third-order valence-electron chi connectivity index (χ3n) is 2.65. The van der Waals surface area contributed by atoms with Crippen LogP contribution in [0.15, 0.2) is 0 Å². The van der Waals surface area contributed by atoms with E-state index in [2.05, 4.69) is 12.2 Å². The first-order valence-corrected chi connectivity index (χ1v) is 6.33. The maximum Gasteiger partial charge on any atom is 0.0809 e. The van der Waals surface area contributed by atoms with E-state index in [0.717, 1.165) is 39.3 Å². The summed E-state index contributed by atoms with van der Waals surface area (Å²) in [5.74, 6) is 0. The molecule has 1 aliphatic rings. The Morgan fingerprint density at radius 3 is 3.00 bits per heavy atom. The predicted molar refractivity (Wildman–Crippen MR) is 62.2 cm³/mol. The van der Waals surface area contributed by atoms with Gasteiger partial charge in [-0.3, -0.25) is 0 Å². The average molecular weight is 215 g/mol. The molecule has 1 N–H and O–H groups in total. The summed E-state index contributed by atoms with van der Waals surface area (Å²) in [5.41, 5.74) is 0. The molecule has 0 bridgehead atoms. The highest BCUT2D eigenvalue weighted by Gasteiger charge is 2.14. The van der Waals surface area contributed by atoms with Crippen molar-refractivity contribution in [1.29, 1.82) is 0 Å². The van der Waals surface area contributed by atoms with Gasteiger partial charge in [-0.15, -0.1) is 0 Å². The van der Waals surface area contributed by atoms with Crippen molar-refractivity contribution in [2.75, 3.05) is 32.9 Å². The Morgan fingerprint density at radius 2 is 2.27 bits per heavy atom. The van der Waals surface area contributed by atoms with Gasteiger partial charge in [-0.2, -0.15) is 0 Å². The van der Waals surface area contributed by atoms with Crippen molar-refractivity contribution in [3.8, 4) is 0 Å². The fraction of sp³-hybridized carbons (Fsp3) is 1.00. The maximum atomic E-state index is 5.57. The molecule has 90 valence electrons. The van der Waals surface area contributed by atoms with Gasteiger partial charge >= 0.3 is 0 Å². The summed E-state index contributed by atoms with van der Waals surface area (Å²) in [6, 6.07) is 0. The van der Waals surface area contributed by atoms with Gasteiger partial charge in [-0.05, 0) is 45.2 Å². The summed E-state index contributed by atoms with van der Waals surface area (Å²) >= 11 is 0. The molecule has 0 spiro atoms. The summed E-state index contributed by atoms with van der Waals surface area (Å²) in [4.78, 5) is 0. The molecule has 1 heterocycles. The summed E-state index contributed by atoms with van der Waals surface area (Å²) in [5, 5.41) is 3.39. The van der Waals surface area contributed by atoms with Crippen molar-refractivity contribution in [3.05, 3.63) is 0 Å². The zero-order chi connectivity index (χ0) is 10.8. The van der Waals surface area contributed by atoms with E-state index in [9.17, 15) is 0 Å². The average Bonchev–Trinajstić information content (AvgIpc) is 2.75. The molecule has 0 aliphatic carbocycles. The molecule has 0 amide bonds. The second kappa shape index (κ2) is 9.13. The minimum atomic E-state index is 0.378. The lowest BCUT2D eigenvalue weighted by Gasteiger charge is -2.09. The Labute approximate surface area is 93.5 Å². The standard InChI is InChI=1S/C12H25NO2/c1-2-7-13-8-3-4-9-14-11-12-6-5-10-15-12/h12-13H,2-11H2,1H3. The number of hydrogen-bond donors (Lipinski definition) is 1. The van der Waals surface area contributed by atoms with Crippen molar-refractivity contribution in [2.45, 2.75) is 45.1 Å². The van der Waals surface area contributed by atoms with Crippen LogP contribution in [0.1, 0.15) is 39.0 Å². The first-order valence-electron chi connectivity index (χ1n) is 6.33. The summed E-state index contributed by atoms with van der Waals surface area (Å²) in [7, 11) is 0. The summed E-state index contributed by atoms with van der Waals surface area (Å²) in [6.07, 6.45) is 6.35. The number of nitrogens with one attached hydrogen (secondary N) is 1. The van der Waals surface area contributed by atoms with Crippen LogP contribution in [0.5, 0.6) is 0 Å². The van der Waals surface area contributed by atoms with Crippen LogP contribution < -0.4 is 5.32 Å². The normalized spacial score (nSPS) is 21.0. The second-order valence-electron chi connectivity index (χ2n) is 4.17. The smallest absolute Gasteiger partial charge is 0.0809 e. The van der Waals surface area contributed by atoms with Gasteiger partial charge in [-0.1, -0.05) is 6.92 Å². The quantitative estimate of drug-likeness (QED) is 0.596. The van der Waals surface area contributed by atoms with Crippen molar-refractivity contribution < 1.29 is 9.47 Å². The molecule has 1 saturated heterocycles.